The Hall–Kier alpha value is 2.52. The van der Waals surface area contributed by atoms with Crippen molar-refractivity contribution in [3.05, 3.63) is 0 Å². The van der Waals surface area contributed by atoms with Gasteiger partial charge < -0.3 is 0 Å². The van der Waals surface area contributed by atoms with Crippen LogP contribution in [0.1, 0.15) is 0 Å². The summed E-state index contributed by atoms with van der Waals surface area (Å²) in [6.45, 7) is 0. The Morgan fingerprint density at radius 2 is 1.00 bits per heavy atom. The van der Waals surface area contributed by atoms with Crippen molar-refractivity contribution in [1.29, 1.82) is 0 Å². The number of rotatable bonds is 0. The molecule has 22 valence electrons. The summed E-state index contributed by atoms with van der Waals surface area (Å²) >= 11 is 0. The molecule has 0 bridgehead atoms. The van der Waals surface area contributed by atoms with E-state index in [2.05, 4.69) is 0 Å². The van der Waals surface area contributed by atoms with E-state index in [1.165, 1.54) is 0 Å². The fraction of sp³-hybridized carbons (Fsp3) is 0. The molecule has 0 nitrogen and oxygen atoms in total. The normalized spacial score (nSPS) is 0. The predicted octanol–water partition coefficient (Wildman–Crippen LogP) is -0.0100. The van der Waals surface area contributed by atoms with Gasteiger partial charge in [-0.3, -0.25) is 0 Å². The van der Waals surface area contributed by atoms with E-state index >= 15 is 0 Å². The molecular formula is MoNiTiZn. The van der Waals surface area contributed by atoms with Crippen molar-refractivity contribution >= 4 is 0 Å². The molecule has 0 amide bonds. The van der Waals surface area contributed by atoms with Gasteiger partial charge in [0.25, 0.3) is 0 Å². The molecular weight excluding hydrogens is 268 g/mol. The van der Waals surface area contributed by atoms with Crippen LogP contribution >= 0.6 is 0 Å². The Morgan fingerprint density at radius 1 is 1.00 bits per heavy atom. The second kappa shape index (κ2) is 17.8. The molecule has 0 fully saturated rings. The summed E-state index contributed by atoms with van der Waals surface area (Å²) in [4.78, 5) is 0. The van der Waals surface area contributed by atoms with Crippen LogP contribution in [0.4, 0.5) is 0 Å². The van der Waals surface area contributed by atoms with Gasteiger partial charge in [0, 0.05) is 78.8 Å². The second-order valence-electron chi connectivity index (χ2n) is 0. The standard InChI is InChI=1S/Mo.Ni.Ti.Zn. The summed E-state index contributed by atoms with van der Waals surface area (Å²) in [7, 11) is 0. The third-order valence-electron chi connectivity index (χ3n) is 0. The van der Waals surface area contributed by atoms with E-state index in [9.17, 15) is 0 Å². The van der Waals surface area contributed by atoms with Crippen molar-refractivity contribution in [2.24, 2.45) is 0 Å². The summed E-state index contributed by atoms with van der Waals surface area (Å²) in [6, 6.07) is 0. The van der Waals surface area contributed by atoms with Crippen LogP contribution in [0.15, 0.2) is 0 Å². The summed E-state index contributed by atoms with van der Waals surface area (Å²) < 4.78 is 0. The maximum Gasteiger partial charge on any atom is 0 e. The van der Waals surface area contributed by atoms with E-state index in [-0.39, 0.29) is 78.8 Å². The molecule has 4 heavy (non-hydrogen) atoms. The van der Waals surface area contributed by atoms with Crippen LogP contribution in [0.3, 0.4) is 0 Å². The van der Waals surface area contributed by atoms with E-state index in [1.807, 2.05) is 0 Å². The topological polar surface area (TPSA) is 0 Å². The number of hydrogen-bond donors (Lipinski definition) is 0. The minimum Gasteiger partial charge on any atom is 0 e. The first-order valence-corrected chi connectivity index (χ1v) is 0. The minimum atomic E-state index is 0. The Balaban J connectivity index is 0. The first-order valence-electron chi connectivity index (χ1n) is 0. The van der Waals surface area contributed by atoms with Gasteiger partial charge in [0.15, 0.2) is 0 Å². The first-order chi connectivity index (χ1) is 0. The molecule has 0 aliphatic rings. The molecule has 0 aromatic heterocycles. The van der Waals surface area contributed by atoms with Crippen LogP contribution < -0.4 is 0 Å². The SMILES string of the molecule is [Mo].[Ni].[Ti].[Zn]. The first kappa shape index (κ1) is 31.3. The van der Waals surface area contributed by atoms with Gasteiger partial charge in [0.2, 0.25) is 0 Å². The van der Waals surface area contributed by atoms with Gasteiger partial charge in [-0.25, -0.2) is 0 Å². The largest absolute Gasteiger partial charge is 0 e. The predicted molar refractivity (Wildman–Crippen MR) is 0 cm³/mol. The molecule has 0 spiro atoms. The molecule has 0 aliphatic heterocycles. The van der Waals surface area contributed by atoms with Gasteiger partial charge in [-0.15, -0.1) is 0 Å². The summed E-state index contributed by atoms with van der Waals surface area (Å²) in [6.07, 6.45) is 0. The van der Waals surface area contributed by atoms with Crippen molar-refractivity contribution in [3.63, 3.8) is 0 Å². The molecule has 0 radical (unpaired) electrons. The molecule has 4 heteroatoms. The molecule has 0 atom stereocenters. The molecule has 0 rings (SSSR count). The number of hydrogen-bond acceptors (Lipinski definition) is 0. The van der Waals surface area contributed by atoms with E-state index in [0.717, 1.165) is 0 Å². The molecule has 0 aliphatic carbocycles. The van der Waals surface area contributed by atoms with Crippen LogP contribution in [0.2, 0.25) is 0 Å². The molecule has 0 aromatic carbocycles. The van der Waals surface area contributed by atoms with Gasteiger partial charge in [0.1, 0.15) is 0 Å². The monoisotopic (exact) mass is 268 g/mol. The molecule has 0 aromatic rings. The van der Waals surface area contributed by atoms with Gasteiger partial charge >= 0.3 is 0 Å². The van der Waals surface area contributed by atoms with E-state index < -0.39 is 0 Å². The summed E-state index contributed by atoms with van der Waals surface area (Å²) in [5.74, 6) is 0. The van der Waals surface area contributed by atoms with Crippen LogP contribution in [-0.4, -0.2) is 0 Å². The quantitative estimate of drug-likeness (QED) is 0.542. The van der Waals surface area contributed by atoms with Crippen LogP contribution in [0.25, 0.3) is 0 Å². The van der Waals surface area contributed by atoms with Gasteiger partial charge in [-0.05, 0) is 0 Å². The fourth-order valence-electron chi connectivity index (χ4n) is 0. The third-order valence-corrected chi connectivity index (χ3v) is 0. The average Bonchev–Trinajstić information content (AvgIpc) is 0. The Morgan fingerprint density at radius 3 is 1.00 bits per heavy atom. The van der Waals surface area contributed by atoms with E-state index in [4.69, 9.17) is 0 Å². The van der Waals surface area contributed by atoms with Crippen molar-refractivity contribution < 1.29 is 78.8 Å². The zero-order chi connectivity index (χ0) is 0. The van der Waals surface area contributed by atoms with Gasteiger partial charge in [0.05, 0.1) is 0 Å². The Bertz CT molecular complexity index is 8.00. The van der Waals surface area contributed by atoms with Crippen LogP contribution in [0, 0.1) is 0 Å². The second-order valence-corrected chi connectivity index (χ2v) is 0. The molecule has 0 heterocycles. The van der Waals surface area contributed by atoms with Crippen molar-refractivity contribution in [2.75, 3.05) is 0 Å². The van der Waals surface area contributed by atoms with Gasteiger partial charge in [-0.2, -0.15) is 0 Å². The zero-order valence-corrected chi connectivity index (χ0v) is 9.45. The molecule has 0 saturated heterocycles. The maximum absolute atomic E-state index is 0. The van der Waals surface area contributed by atoms with Crippen LogP contribution in [0.5, 0.6) is 0 Å². The van der Waals surface area contributed by atoms with Crippen molar-refractivity contribution in [3.8, 4) is 0 Å². The molecule has 0 N–H and O–H groups in total. The Kier molecular flexibility index (Phi) is 139. The summed E-state index contributed by atoms with van der Waals surface area (Å²) in [5.41, 5.74) is 0. The molecule has 0 unspecified atom stereocenters. The van der Waals surface area contributed by atoms with E-state index in [0.29, 0.717) is 0 Å². The van der Waals surface area contributed by atoms with E-state index in [1.54, 1.807) is 0 Å². The summed E-state index contributed by atoms with van der Waals surface area (Å²) in [5, 5.41) is 0. The third kappa shape index (κ3) is 8.82. The average molecular weight is 268 g/mol. The smallest absolute Gasteiger partial charge is 0 e. The molecule has 0 saturated carbocycles. The zero-order valence-electron chi connectivity index (χ0n) is 1.93. The van der Waals surface area contributed by atoms with Crippen LogP contribution in [-0.2, 0) is 78.8 Å². The Labute approximate surface area is 77.7 Å². The van der Waals surface area contributed by atoms with Crippen molar-refractivity contribution in [2.45, 2.75) is 0 Å². The maximum atomic E-state index is 0. The fourth-order valence-corrected chi connectivity index (χ4v) is 0. The van der Waals surface area contributed by atoms with Crippen molar-refractivity contribution in [1.82, 2.24) is 0 Å². The van der Waals surface area contributed by atoms with Gasteiger partial charge in [-0.1, -0.05) is 0 Å². The minimum absolute atomic E-state index is 0.